The fraction of sp³-hybridized carbons (Fsp3) is 0.250. The van der Waals surface area contributed by atoms with Crippen molar-refractivity contribution in [3.05, 3.63) is 77.4 Å². The molecule has 0 unspecified atom stereocenters. The Bertz CT molecular complexity index is 1230. The molecule has 0 fully saturated rings. The van der Waals surface area contributed by atoms with E-state index < -0.39 is 16.1 Å². The number of anilines is 1. The van der Waals surface area contributed by atoms with E-state index in [1.165, 1.54) is 34.4 Å². The lowest BCUT2D eigenvalue weighted by atomic mass is 10.1. The lowest BCUT2D eigenvalue weighted by Gasteiger charge is -2.15. The van der Waals surface area contributed by atoms with Crippen LogP contribution in [-0.4, -0.2) is 44.6 Å². The van der Waals surface area contributed by atoms with Crippen LogP contribution in [0.1, 0.15) is 22.8 Å². The normalized spacial score (nSPS) is 13.3. The van der Waals surface area contributed by atoms with E-state index in [0.29, 0.717) is 18.7 Å². The van der Waals surface area contributed by atoms with E-state index >= 15 is 0 Å². The van der Waals surface area contributed by atoms with Gasteiger partial charge in [-0.05, 0) is 58.5 Å². The summed E-state index contributed by atoms with van der Waals surface area (Å²) in [4.78, 5) is 0. The molecule has 1 aliphatic rings. The minimum Gasteiger partial charge on any atom is -0.506 e. The number of hydrogen-bond donors (Lipinski definition) is 4. The zero-order valence-electron chi connectivity index (χ0n) is 17.7. The highest BCUT2D eigenvalue weighted by atomic mass is 32.2. The van der Waals surface area contributed by atoms with Crippen LogP contribution in [0.5, 0.6) is 11.5 Å². The molecule has 0 aromatic heterocycles. The Kier molecular flexibility index (Phi) is 6.36. The molecule has 0 heterocycles. The Hall–Kier alpha value is -3.07. The summed E-state index contributed by atoms with van der Waals surface area (Å²) in [5.74, 6) is 0.610. The summed E-state index contributed by atoms with van der Waals surface area (Å²) in [6, 6.07) is 18.9. The van der Waals surface area contributed by atoms with Crippen molar-refractivity contribution in [2.45, 2.75) is 12.5 Å². The van der Waals surface area contributed by atoms with Crippen molar-refractivity contribution < 1.29 is 23.4 Å². The van der Waals surface area contributed by atoms with Gasteiger partial charge in [0.05, 0.1) is 18.0 Å². The van der Waals surface area contributed by atoms with Crippen LogP contribution in [0.3, 0.4) is 0 Å². The van der Waals surface area contributed by atoms with Crippen molar-refractivity contribution in [1.82, 2.24) is 5.32 Å². The maximum absolute atomic E-state index is 11.4. The first-order chi connectivity index (χ1) is 15.3. The van der Waals surface area contributed by atoms with Gasteiger partial charge >= 0.3 is 0 Å². The fourth-order valence-corrected chi connectivity index (χ4v) is 4.41. The number of aliphatic hydroxyl groups excluding tert-OH is 1. The highest BCUT2D eigenvalue weighted by molar-refractivity contribution is 7.92. The number of phenolic OH excluding ortho intramolecular Hbond substituents is 1. The predicted molar refractivity (Wildman–Crippen MR) is 125 cm³/mol. The van der Waals surface area contributed by atoms with E-state index in [-0.39, 0.29) is 18.0 Å². The highest BCUT2D eigenvalue weighted by Gasteiger charge is 2.18. The number of fused-ring (bicyclic) bond motifs is 3. The summed E-state index contributed by atoms with van der Waals surface area (Å²) in [7, 11) is -3.54. The molecular formula is C24H26N2O5S. The third-order valence-corrected chi connectivity index (χ3v) is 5.94. The quantitative estimate of drug-likeness (QED) is 0.229. The van der Waals surface area contributed by atoms with Gasteiger partial charge in [0.15, 0.2) is 0 Å². The number of phenols is 1. The van der Waals surface area contributed by atoms with Crippen LogP contribution in [0.2, 0.25) is 0 Å². The molecule has 8 heteroatoms. The van der Waals surface area contributed by atoms with Crippen LogP contribution >= 0.6 is 0 Å². The zero-order valence-corrected chi connectivity index (χ0v) is 18.5. The van der Waals surface area contributed by atoms with E-state index in [1.54, 1.807) is 6.07 Å². The van der Waals surface area contributed by atoms with E-state index in [2.05, 4.69) is 46.4 Å². The number of hydrogen-bond acceptors (Lipinski definition) is 6. The maximum atomic E-state index is 11.4. The Labute approximate surface area is 187 Å². The average molecular weight is 455 g/mol. The van der Waals surface area contributed by atoms with Crippen LogP contribution in [0.15, 0.2) is 60.7 Å². The molecule has 0 aliphatic heterocycles. The van der Waals surface area contributed by atoms with Crippen molar-refractivity contribution in [2.24, 2.45) is 0 Å². The first kappa shape index (κ1) is 22.1. The number of sulfonamides is 1. The molecule has 0 saturated carbocycles. The van der Waals surface area contributed by atoms with Gasteiger partial charge in [0.1, 0.15) is 18.1 Å². The Morgan fingerprint density at radius 3 is 2.62 bits per heavy atom. The number of aliphatic hydroxyl groups is 1. The molecule has 4 rings (SSSR count). The number of ether oxygens (including phenoxy) is 1. The van der Waals surface area contributed by atoms with Gasteiger partial charge in [-0.1, -0.05) is 36.4 Å². The molecule has 0 radical (unpaired) electrons. The predicted octanol–water partition coefficient (Wildman–Crippen LogP) is 3.04. The van der Waals surface area contributed by atoms with Crippen molar-refractivity contribution >= 4 is 15.7 Å². The van der Waals surface area contributed by atoms with Crippen LogP contribution in [0.4, 0.5) is 5.69 Å². The minimum atomic E-state index is -3.54. The second kappa shape index (κ2) is 9.20. The van der Waals surface area contributed by atoms with Crippen molar-refractivity contribution in [3.8, 4) is 22.6 Å². The molecule has 1 aliphatic carbocycles. The van der Waals surface area contributed by atoms with Crippen LogP contribution in [0, 0.1) is 0 Å². The van der Waals surface area contributed by atoms with E-state index in [9.17, 15) is 18.6 Å². The third-order valence-electron chi connectivity index (χ3n) is 5.35. The number of aromatic hydroxyl groups is 1. The summed E-state index contributed by atoms with van der Waals surface area (Å²) >= 11 is 0. The van der Waals surface area contributed by atoms with Crippen molar-refractivity contribution in [1.29, 1.82) is 0 Å². The molecular weight excluding hydrogens is 428 g/mol. The van der Waals surface area contributed by atoms with Gasteiger partial charge in [-0.2, -0.15) is 0 Å². The van der Waals surface area contributed by atoms with E-state index in [4.69, 9.17) is 4.74 Å². The molecule has 4 N–H and O–H groups in total. The molecule has 32 heavy (non-hydrogen) atoms. The smallest absolute Gasteiger partial charge is 0.229 e. The Morgan fingerprint density at radius 2 is 1.81 bits per heavy atom. The Balaban J connectivity index is 1.26. The summed E-state index contributed by atoms with van der Waals surface area (Å²) < 4.78 is 30.9. The topological polar surface area (TPSA) is 108 Å². The molecule has 0 saturated heterocycles. The molecule has 0 spiro atoms. The summed E-state index contributed by atoms with van der Waals surface area (Å²) in [6.45, 7) is 1.22. The lowest BCUT2D eigenvalue weighted by molar-refractivity contribution is 0.172. The number of nitrogens with one attached hydrogen (secondary N) is 2. The minimum absolute atomic E-state index is 0.0335. The molecule has 168 valence electrons. The maximum Gasteiger partial charge on any atom is 0.229 e. The second-order valence-corrected chi connectivity index (χ2v) is 9.62. The van der Waals surface area contributed by atoms with E-state index in [1.807, 2.05) is 6.07 Å². The van der Waals surface area contributed by atoms with Crippen LogP contribution in [-0.2, 0) is 16.4 Å². The second-order valence-electron chi connectivity index (χ2n) is 7.87. The van der Waals surface area contributed by atoms with Crippen LogP contribution < -0.4 is 14.8 Å². The van der Waals surface area contributed by atoms with E-state index in [0.717, 1.165) is 18.4 Å². The van der Waals surface area contributed by atoms with Gasteiger partial charge in [0.2, 0.25) is 10.0 Å². The molecule has 0 bridgehead atoms. The van der Waals surface area contributed by atoms with Crippen molar-refractivity contribution in [2.75, 3.05) is 30.7 Å². The molecule has 0 amide bonds. The fourth-order valence-electron chi connectivity index (χ4n) is 3.85. The summed E-state index contributed by atoms with van der Waals surface area (Å²) in [5, 5.41) is 23.3. The first-order valence-electron chi connectivity index (χ1n) is 10.3. The highest BCUT2D eigenvalue weighted by Crippen LogP contribution is 2.38. The summed E-state index contributed by atoms with van der Waals surface area (Å²) in [6.07, 6.45) is 1.04. The van der Waals surface area contributed by atoms with Gasteiger partial charge in [-0.15, -0.1) is 0 Å². The Morgan fingerprint density at radius 1 is 1.03 bits per heavy atom. The lowest BCUT2D eigenvalue weighted by Crippen LogP contribution is -2.26. The first-order valence-corrected chi connectivity index (χ1v) is 12.2. The summed E-state index contributed by atoms with van der Waals surface area (Å²) in [5.41, 5.74) is 5.66. The monoisotopic (exact) mass is 454 g/mol. The SMILES string of the molecule is CS(=O)(=O)Nc1cc([C@@H](O)CNCCOc2ccc3c(c2)Cc2ccccc2-3)ccc1O. The van der Waals surface area contributed by atoms with Gasteiger partial charge in [0, 0.05) is 13.1 Å². The van der Waals surface area contributed by atoms with Gasteiger partial charge in [0.25, 0.3) is 0 Å². The zero-order chi connectivity index (χ0) is 22.7. The van der Waals surface area contributed by atoms with Gasteiger partial charge in [-0.3, -0.25) is 4.72 Å². The molecule has 3 aromatic rings. The number of benzene rings is 3. The molecule has 1 atom stereocenters. The van der Waals surface area contributed by atoms with Crippen molar-refractivity contribution in [3.63, 3.8) is 0 Å². The third kappa shape index (κ3) is 5.21. The number of rotatable bonds is 9. The average Bonchev–Trinajstić information content (AvgIpc) is 3.11. The molecule has 7 nitrogen and oxygen atoms in total. The largest absolute Gasteiger partial charge is 0.506 e. The molecule has 3 aromatic carbocycles. The van der Waals surface area contributed by atoms with Gasteiger partial charge in [-0.25, -0.2) is 8.42 Å². The van der Waals surface area contributed by atoms with Crippen LogP contribution in [0.25, 0.3) is 11.1 Å². The van der Waals surface area contributed by atoms with Gasteiger partial charge < -0.3 is 20.3 Å². The standard InChI is InChI=1S/C24H26N2O5S/c1-32(29,30)26-22-14-17(6-9-23(22)27)24(28)15-25-10-11-31-19-7-8-21-18(13-19)12-16-4-2-3-5-20(16)21/h2-9,13-14,24-28H,10-12,15H2,1H3/t24-/m0/s1.